The van der Waals surface area contributed by atoms with Gasteiger partial charge in [-0.2, -0.15) is 0 Å². The number of rotatable bonds is 2. The molecule has 1 heterocycles. The number of furan rings is 1. The Kier molecular flexibility index (Phi) is 3.83. The van der Waals surface area contributed by atoms with E-state index < -0.39 is 0 Å². The lowest BCUT2D eigenvalue weighted by atomic mass is 9.97. The van der Waals surface area contributed by atoms with Crippen molar-refractivity contribution >= 4 is 34.3 Å². The summed E-state index contributed by atoms with van der Waals surface area (Å²) >= 11 is 0. The van der Waals surface area contributed by atoms with E-state index in [2.05, 4.69) is 32.0 Å². The van der Waals surface area contributed by atoms with Crippen LogP contribution in [0.4, 0.5) is 0 Å². The molecule has 100 valence electrons. The summed E-state index contributed by atoms with van der Waals surface area (Å²) in [5.41, 5.74) is 11.5. The number of halogens is 1. The van der Waals surface area contributed by atoms with E-state index in [0.717, 1.165) is 17.6 Å². The molecule has 0 spiro atoms. The summed E-state index contributed by atoms with van der Waals surface area (Å²) < 4.78 is 5.97. The van der Waals surface area contributed by atoms with Gasteiger partial charge in [0.25, 0.3) is 0 Å². The van der Waals surface area contributed by atoms with E-state index in [0.29, 0.717) is 6.54 Å². The van der Waals surface area contributed by atoms with Gasteiger partial charge in [-0.25, -0.2) is 0 Å². The van der Waals surface area contributed by atoms with Crippen molar-refractivity contribution in [2.24, 2.45) is 5.73 Å². The first kappa shape index (κ1) is 13.9. The fraction of sp³-hybridized carbons (Fsp3) is 0.250. The zero-order valence-electron chi connectivity index (χ0n) is 11.2. The van der Waals surface area contributed by atoms with Crippen LogP contribution >= 0.6 is 12.4 Å². The molecular weight excluding hydrogens is 258 g/mol. The Balaban J connectivity index is 0.00000133. The number of aryl methyl sites for hydroxylation is 2. The Morgan fingerprint density at radius 2 is 1.89 bits per heavy atom. The first-order valence-corrected chi connectivity index (χ1v) is 6.32. The van der Waals surface area contributed by atoms with Crippen LogP contribution in [0.3, 0.4) is 0 Å². The molecule has 0 aliphatic heterocycles. The Morgan fingerprint density at radius 1 is 1.16 bits per heavy atom. The Labute approximate surface area is 119 Å². The monoisotopic (exact) mass is 275 g/mol. The van der Waals surface area contributed by atoms with Crippen LogP contribution in [0.15, 0.2) is 34.7 Å². The number of nitrogens with two attached hydrogens (primary N) is 1. The van der Waals surface area contributed by atoms with Gasteiger partial charge >= 0.3 is 0 Å². The number of para-hydroxylation sites is 1. The largest absolute Gasteiger partial charge is 0.456 e. The van der Waals surface area contributed by atoms with Crippen LogP contribution in [0.25, 0.3) is 21.9 Å². The molecule has 0 aliphatic carbocycles. The highest BCUT2D eigenvalue weighted by atomic mass is 35.5. The minimum atomic E-state index is 0. The quantitative estimate of drug-likeness (QED) is 0.764. The normalized spacial score (nSPS) is 10.9. The van der Waals surface area contributed by atoms with Crippen molar-refractivity contribution in [3.05, 3.63) is 47.0 Å². The van der Waals surface area contributed by atoms with Crippen LogP contribution in [0.5, 0.6) is 0 Å². The fourth-order valence-electron chi connectivity index (χ4n) is 2.71. The van der Waals surface area contributed by atoms with Crippen molar-refractivity contribution < 1.29 is 4.42 Å². The molecule has 3 rings (SSSR count). The Hall–Kier alpha value is -1.51. The molecule has 2 aromatic carbocycles. The second-order valence-electron chi connectivity index (χ2n) is 4.82. The van der Waals surface area contributed by atoms with Gasteiger partial charge in [0.1, 0.15) is 11.2 Å². The van der Waals surface area contributed by atoms with Crippen LogP contribution < -0.4 is 5.73 Å². The van der Waals surface area contributed by atoms with E-state index in [1.165, 1.54) is 27.5 Å². The summed E-state index contributed by atoms with van der Waals surface area (Å²) in [6.45, 7) is 4.94. The zero-order valence-corrected chi connectivity index (χ0v) is 12.0. The second-order valence-corrected chi connectivity index (χ2v) is 4.82. The molecule has 0 atom stereocenters. The van der Waals surface area contributed by atoms with Crippen molar-refractivity contribution in [2.45, 2.75) is 20.3 Å². The number of hydrogen-bond donors (Lipinski definition) is 1. The molecule has 0 unspecified atom stereocenters. The predicted octanol–water partition coefficient (Wildman–Crippen LogP) is 4.13. The number of hydrogen-bond acceptors (Lipinski definition) is 2. The minimum absolute atomic E-state index is 0. The predicted molar refractivity (Wildman–Crippen MR) is 83.2 cm³/mol. The van der Waals surface area contributed by atoms with Gasteiger partial charge in [0.15, 0.2) is 0 Å². The molecule has 0 bridgehead atoms. The highest BCUT2D eigenvalue weighted by Gasteiger charge is 2.13. The number of benzene rings is 2. The highest BCUT2D eigenvalue weighted by Crippen LogP contribution is 2.34. The van der Waals surface area contributed by atoms with Crippen molar-refractivity contribution in [3.63, 3.8) is 0 Å². The maximum Gasteiger partial charge on any atom is 0.138 e. The van der Waals surface area contributed by atoms with Gasteiger partial charge in [-0.1, -0.05) is 24.3 Å². The minimum Gasteiger partial charge on any atom is -0.456 e. The van der Waals surface area contributed by atoms with E-state index in [1.807, 2.05) is 12.1 Å². The highest BCUT2D eigenvalue weighted by molar-refractivity contribution is 6.08. The van der Waals surface area contributed by atoms with Gasteiger partial charge in [0.2, 0.25) is 0 Å². The van der Waals surface area contributed by atoms with Gasteiger partial charge in [0.05, 0.1) is 0 Å². The van der Waals surface area contributed by atoms with Crippen molar-refractivity contribution in [2.75, 3.05) is 6.54 Å². The van der Waals surface area contributed by atoms with E-state index in [1.54, 1.807) is 0 Å². The van der Waals surface area contributed by atoms with Crippen LogP contribution in [-0.4, -0.2) is 6.54 Å². The molecule has 3 heteroatoms. The third-order valence-corrected chi connectivity index (χ3v) is 3.61. The Bertz CT molecular complexity index is 730. The molecule has 0 saturated heterocycles. The lowest BCUT2D eigenvalue weighted by Gasteiger charge is -2.07. The topological polar surface area (TPSA) is 39.2 Å². The first-order chi connectivity index (χ1) is 8.72. The molecule has 0 fully saturated rings. The van der Waals surface area contributed by atoms with Crippen LogP contribution in [0, 0.1) is 13.8 Å². The standard InChI is InChI=1S/C16H17NO.ClH/c1-10-9-12(7-8-17)11(2)15-13-5-3-4-6-14(13)18-16(10)15;/h3-6,9H,7-8,17H2,1-2H3;1H. The average Bonchev–Trinajstić information content (AvgIpc) is 2.76. The molecule has 1 aromatic heterocycles. The first-order valence-electron chi connectivity index (χ1n) is 6.32. The summed E-state index contributed by atoms with van der Waals surface area (Å²) in [4.78, 5) is 0. The number of fused-ring (bicyclic) bond motifs is 3. The van der Waals surface area contributed by atoms with Crippen LogP contribution in [0.1, 0.15) is 16.7 Å². The fourth-order valence-corrected chi connectivity index (χ4v) is 2.71. The van der Waals surface area contributed by atoms with Crippen LogP contribution in [0.2, 0.25) is 0 Å². The zero-order chi connectivity index (χ0) is 12.7. The molecule has 2 N–H and O–H groups in total. The summed E-state index contributed by atoms with van der Waals surface area (Å²) in [7, 11) is 0. The van der Waals surface area contributed by atoms with Gasteiger partial charge in [-0.3, -0.25) is 0 Å². The van der Waals surface area contributed by atoms with E-state index in [4.69, 9.17) is 10.2 Å². The lowest BCUT2D eigenvalue weighted by Crippen LogP contribution is -2.04. The molecule has 0 radical (unpaired) electrons. The molecule has 2 nitrogen and oxygen atoms in total. The van der Waals surface area contributed by atoms with Crippen molar-refractivity contribution in [3.8, 4) is 0 Å². The van der Waals surface area contributed by atoms with Crippen LogP contribution in [-0.2, 0) is 6.42 Å². The van der Waals surface area contributed by atoms with E-state index >= 15 is 0 Å². The summed E-state index contributed by atoms with van der Waals surface area (Å²) in [5, 5.41) is 2.45. The average molecular weight is 276 g/mol. The van der Waals surface area contributed by atoms with Gasteiger partial charge in [-0.15, -0.1) is 12.4 Å². The third kappa shape index (κ3) is 2.11. The van der Waals surface area contributed by atoms with E-state index in [-0.39, 0.29) is 12.4 Å². The third-order valence-electron chi connectivity index (χ3n) is 3.61. The summed E-state index contributed by atoms with van der Waals surface area (Å²) in [6.07, 6.45) is 0.919. The molecule has 3 aromatic rings. The van der Waals surface area contributed by atoms with Crippen molar-refractivity contribution in [1.29, 1.82) is 0 Å². The molecule has 19 heavy (non-hydrogen) atoms. The smallest absolute Gasteiger partial charge is 0.138 e. The second kappa shape index (κ2) is 5.24. The maximum absolute atomic E-state index is 5.97. The van der Waals surface area contributed by atoms with Gasteiger partial charge < -0.3 is 10.2 Å². The summed E-state index contributed by atoms with van der Waals surface area (Å²) in [5.74, 6) is 0. The summed E-state index contributed by atoms with van der Waals surface area (Å²) in [6, 6.07) is 10.4. The molecular formula is C16H18ClNO. The Morgan fingerprint density at radius 3 is 2.63 bits per heavy atom. The van der Waals surface area contributed by atoms with Gasteiger partial charge in [0, 0.05) is 10.8 Å². The van der Waals surface area contributed by atoms with E-state index in [9.17, 15) is 0 Å². The maximum atomic E-state index is 5.97. The molecule has 0 amide bonds. The lowest BCUT2D eigenvalue weighted by molar-refractivity contribution is 0.665. The molecule has 0 saturated carbocycles. The SMILES string of the molecule is Cc1cc(CCN)c(C)c2c1oc1ccccc12.Cl. The molecule has 0 aliphatic rings. The van der Waals surface area contributed by atoms with Crippen molar-refractivity contribution in [1.82, 2.24) is 0 Å². The van der Waals surface area contributed by atoms with Gasteiger partial charge in [-0.05, 0) is 49.6 Å².